The summed E-state index contributed by atoms with van der Waals surface area (Å²) in [6.07, 6.45) is 0.297. The molecule has 2 aromatic carbocycles. The van der Waals surface area contributed by atoms with E-state index in [2.05, 4.69) is 16.0 Å². The number of benzene rings is 2. The Balaban J connectivity index is 1.53. The van der Waals surface area contributed by atoms with E-state index in [1.807, 2.05) is 6.07 Å². The number of para-hydroxylation sites is 1. The van der Waals surface area contributed by atoms with Crippen molar-refractivity contribution in [3.05, 3.63) is 53.6 Å². The minimum absolute atomic E-state index is 0.0992. The van der Waals surface area contributed by atoms with Crippen molar-refractivity contribution in [2.45, 2.75) is 25.4 Å². The fourth-order valence-electron chi connectivity index (χ4n) is 3.07. The number of methoxy groups -OCH3 is 2. The molecule has 3 N–H and O–H groups in total. The van der Waals surface area contributed by atoms with E-state index in [1.54, 1.807) is 50.6 Å². The second-order valence-electron chi connectivity index (χ2n) is 6.57. The van der Waals surface area contributed by atoms with Crippen LogP contribution in [0.3, 0.4) is 0 Å². The van der Waals surface area contributed by atoms with Gasteiger partial charge in [0.25, 0.3) is 5.91 Å². The molecule has 2 aromatic rings. The van der Waals surface area contributed by atoms with Gasteiger partial charge in [-0.3, -0.25) is 14.4 Å². The van der Waals surface area contributed by atoms with Gasteiger partial charge in [-0.1, -0.05) is 18.2 Å². The van der Waals surface area contributed by atoms with E-state index in [0.29, 0.717) is 29.3 Å². The van der Waals surface area contributed by atoms with E-state index in [1.165, 1.54) is 0 Å². The number of ether oxygens (including phenoxy) is 2. The molecule has 0 bridgehead atoms. The smallest absolute Gasteiger partial charge is 0.254 e. The maximum absolute atomic E-state index is 12.4. The lowest BCUT2D eigenvalue weighted by atomic mass is 10.1. The van der Waals surface area contributed by atoms with Gasteiger partial charge in [-0.2, -0.15) is 0 Å². The zero-order valence-corrected chi connectivity index (χ0v) is 16.3. The summed E-state index contributed by atoms with van der Waals surface area (Å²) < 4.78 is 10.4. The number of fused-ring (bicyclic) bond motifs is 1. The number of hydrogen-bond donors (Lipinski definition) is 3. The van der Waals surface area contributed by atoms with E-state index in [4.69, 9.17) is 9.47 Å². The van der Waals surface area contributed by atoms with E-state index < -0.39 is 6.04 Å². The minimum atomic E-state index is -0.776. The maximum Gasteiger partial charge on any atom is 0.254 e. The van der Waals surface area contributed by atoms with Crippen molar-refractivity contribution < 1.29 is 23.9 Å². The van der Waals surface area contributed by atoms with Crippen molar-refractivity contribution in [2.75, 3.05) is 19.5 Å². The van der Waals surface area contributed by atoms with Crippen LogP contribution in [-0.2, 0) is 16.1 Å². The number of hydrogen-bond acceptors (Lipinski definition) is 5. The summed E-state index contributed by atoms with van der Waals surface area (Å²) in [5.74, 6) is 0.296. The molecule has 0 saturated carbocycles. The van der Waals surface area contributed by atoms with Gasteiger partial charge in [-0.05, 0) is 36.2 Å². The van der Waals surface area contributed by atoms with Gasteiger partial charge in [0.2, 0.25) is 11.8 Å². The molecule has 0 radical (unpaired) electrons. The first kappa shape index (κ1) is 20.2. The predicted molar refractivity (Wildman–Crippen MR) is 107 cm³/mol. The van der Waals surface area contributed by atoms with Gasteiger partial charge in [0, 0.05) is 13.0 Å². The standard InChI is InChI=1S/C21H23N3O5/c1-28-17-9-7-13(11-18(17)29-2)12-22-19(25)10-8-16-21(27)23-15-6-4-3-5-14(15)20(26)24-16/h3-7,9,11,16H,8,10,12H2,1-2H3,(H,22,25)(H,23,27)(H,24,26). The number of nitrogens with one attached hydrogen (secondary N) is 3. The minimum Gasteiger partial charge on any atom is -0.493 e. The SMILES string of the molecule is COc1ccc(CNC(=O)CCC2NC(=O)c3ccccc3NC2=O)cc1OC. The molecular weight excluding hydrogens is 374 g/mol. The van der Waals surface area contributed by atoms with E-state index in [9.17, 15) is 14.4 Å². The highest BCUT2D eigenvalue weighted by Crippen LogP contribution is 2.27. The number of amides is 3. The van der Waals surface area contributed by atoms with Crippen LogP contribution in [0.5, 0.6) is 11.5 Å². The zero-order chi connectivity index (χ0) is 20.8. The van der Waals surface area contributed by atoms with Gasteiger partial charge in [0.15, 0.2) is 11.5 Å². The summed E-state index contributed by atoms with van der Waals surface area (Å²) in [4.78, 5) is 36.9. The molecule has 3 rings (SSSR count). The maximum atomic E-state index is 12.4. The molecule has 1 heterocycles. The average molecular weight is 397 g/mol. The fraction of sp³-hybridized carbons (Fsp3) is 0.286. The van der Waals surface area contributed by atoms with Gasteiger partial charge in [0.05, 0.1) is 25.5 Å². The average Bonchev–Trinajstić information content (AvgIpc) is 2.86. The van der Waals surface area contributed by atoms with Crippen molar-refractivity contribution in [2.24, 2.45) is 0 Å². The molecule has 1 atom stereocenters. The quantitative estimate of drug-likeness (QED) is 0.661. The van der Waals surface area contributed by atoms with Crippen LogP contribution in [0.15, 0.2) is 42.5 Å². The molecule has 1 aliphatic heterocycles. The van der Waals surface area contributed by atoms with E-state index >= 15 is 0 Å². The van der Waals surface area contributed by atoms with Gasteiger partial charge in [-0.15, -0.1) is 0 Å². The molecule has 152 valence electrons. The lowest BCUT2D eigenvalue weighted by Crippen LogP contribution is -2.42. The van der Waals surface area contributed by atoms with Crippen LogP contribution in [-0.4, -0.2) is 38.0 Å². The van der Waals surface area contributed by atoms with E-state index in [0.717, 1.165) is 5.56 Å². The van der Waals surface area contributed by atoms with Gasteiger partial charge >= 0.3 is 0 Å². The Bertz CT molecular complexity index is 928. The van der Waals surface area contributed by atoms with Crippen molar-refractivity contribution in [3.63, 3.8) is 0 Å². The van der Waals surface area contributed by atoms with Crippen LogP contribution in [0.2, 0.25) is 0 Å². The molecule has 8 heteroatoms. The first-order valence-electron chi connectivity index (χ1n) is 9.20. The Kier molecular flexibility index (Phi) is 6.33. The van der Waals surface area contributed by atoms with Crippen molar-refractivity contribution in [3.8, 4) is 11.5 Å². The summed E-state index contributed by atoms with van der Waals surface area (Å²) in [5.41, 5.74) is 1.73. The monoisotopic (exact) mass is 397 g/mol. The lowest BCUT2D eigenvalue weighted by Gasteiger charge is -2.14. The summed E-state index contributed by atoms with van der Waals surface area (Å²) in [6.45, 7) is 0.313. The molecule has 8 nitrogen and oxygen atoms in total. The number of carbonyl (C=O) groups excluding carboxylic acids is 3. The third-order valence-electron chi connectivity index (χ3n) is 4.65. The summed E-state index contributed by atoms with van der Waals surface area (Å²) >= 11 is 0. The van der Waals surface area contributed by atoms with Crippen molar-refractivity contribution >= 4 is 23.4 Å². The normalized spacial score (nSPS) is 15.4. The zero-order valence-electron chi connectivity index (χ0n) is 16.3. The highest BCUT2D eigenvalue weighted by atomic mass is 16.5. The third-order valence-corrected chi connectivity index (χ3v) is 4.65. The first-order valence-corrected chi connectivity index (χ1v) is 9.20. The molecular formula is C21H23N3O5. The second-order valence-corrected chi connectivity index (χ2v) is 6.57. The Morgan fingerprint density at radius 3 is 2.59 bits per heavy atom. The highest BCUT2D eigenvalue weighted by molar-refractivity contribution is 6.09. The van der Waals surface area contributed by atoms with Crippen LogP contribution >= 0.6 is 0 Å². The number of rotatable bonds is 7. The number of carbonyl (C=O) groups is 3. The summed E-state index contributed by atoms with van der Waals surface area (Å²) in [5, 5.41) is 8.21. The molecule has 3 amide bonds. The van der Waals surface area contributed by atoms with Crippen LogP contribution in [0.1, 0.15) is 28.8 Å². The van der Waals surface area contributed by atoms with Crippen LogP contribution in [0, 0.1) is 0 Å². The van der Waals surface area contributed by atoms with Gasteiger partial charge in [0.1, 0.15) is 6.04 Å². The lowest BCUT2D eigenvalue weighted by molar-refractivity contribution is -0.122. The van der Waals surface area contributed by atoms with Crippen molar-refractivity contribution in [1.29, 1.82) is 0 Å². The summed E-state index contributed by atoms with van der Waals surface area (Å²) in [7, 11) is 3.10. The Morgan fingerprint density at radius 2 is 1.83 bits per heavy atom. The number of anilines is 1. The van der Waals surface area contributed by atoms with E-state index in [-0.39, 0.29) is 30.6 Å². The molecule has 0 saturated heterocycles. The van der Waals surface area contributed by atoms with Crippen LogP contribution in [0.25, 0.3) is 0 Å². The van der Waals surface area contributed by atoms with Crippen LogP contribution in [0.4, 0.5) is 5.69 Å². The molecule has 29 heavy (non-hydrogen) atoms. The topological polar surface area (TPSA) is 106 Å². The highest BCUT2D eigenvalue weighted by Gasteiger charge is 2.27. The first-order chi connectivity index (χ1) is 14.0. The van der Waals surface area contributed by atoms with Gasteiger partial charge < -0.3 is 25.4 Å². The third kappa shape index (κ3) is 4.84. The molecule has 1 aliphatic rings. The van der Waals surface area contributed by atoms with Gasteiger partial charge in [-0.25, -0.2) is 0 Å². The Labute approximate surface area is 168 Å². The predicted octanol–water partition coefficient (Wildman–Crippen LogP) is 1.85. The largest absolute Gasteiger partial charge is 0.493 e. The second kappa shape index (κ2) is 9.09. The Hall–Kier alpha value is -3.55. The Morgan fingerprint density at radius 1 is 1.07 bits per heavy atom. The molecule has 1 unspecified atom stereocenters. The van der Waals surface area contributed by atoms with Crippen molar-refractivity contribution in [1.82, 2.24) is 10.6 Å². The molecule has 0 fully saturated rings. The molecule has 0 aliphatic carbocycles. The summed E-state index contributed by atoms with van der Waals surface area (Å²) in [6, 6.07) is 11.4. The fourth-order valence-corrected chi connectivity index (χ4v) is 3.07. The molecule has 0 spiro atoms. The van der Waals surface area contributed by atoms with Crippen LogP contribution < -0.4 is 25.4 Å². The molecule has 0 aromatic heterocycles.